The fourth-order valence-electron chi connectivity index (χ4n) is 1.17. The fraction of sp³-hybridized carbons (Fsp3) is 1.00. The summed E-state index contributed by atoms with van der Waals surface area (Å²) in [6.07, 6.45) is 4.13. The minimum Gasteiger partial charge on any atom is -1.00 e. The lowest BCUT2D eigenvalue weighted by Crippen LogP contribution is -3.00. The van der Waals surface area contributed by atoms with Crippen LogP contribution in [0.1, 0.15) is 40.0 Å². The Kier molecular flexibility index (Phi) is 14.7. The van der Waals surface area contributed by atoms with Gasteiger partial charge in [0.1, 0.15) is 17.3 Å². The molecule has 70 valence electrons. The molecule has 0 spiro atoms. The summed E-state index contributed by atoms with van der Waals surface area (Å²) in [4.78, 5) is 0. The van der Waals surface area contributed by atoms with Crippen LogP contribution in [0.3, 0.4) is 0 Å². The first-order valence-corrected chi connectivity index (χ1v) is 6.22. The molecule has 0 rings (SSSR count). The Morgan fingerprint density at radius 2 is 1.00 bits per heavy atom. The Labute approximate surface area is 91.9 Å². The lowest BCUT2D eigenvalue weighted by Gasteiger charge is -2.03. The van der Waals surface area contributed by atoms with Crippen molar-refractivity contribution in [2.24, 2.45) is 0 Å². The molecule has 0 aliphatic heterocycles. The lowest BCUT2D eigenvalue weighted by molar-refractivity contribution is -0.00000238. The van der Waals surface area contributed by atoms with E-state index in [0.717, 1.165) is 10.9 Å². The summed E-state index contributed by atoms with van der Waals surface area (Å²) in [5.41, 5.74) is 0. The Bertz CT molecular complexity index is 52.3. The molecule has 0 aromatic rings. The zero-order valence-corrected chi connectivity index (χ0v) is 11.0. The highest BCUT2D eigenvalue weighted by Gasteiger charge is 2.12. The van der Waals surface area contributed by atoms with Gasteiger partial charge < -0.3 is 24.0 Å². The van der Waals surface area contributed by atoms with Crippen molar-refractivity contribution >= 4 is 10.9 Å². The lowest BCUT2D eigenvalue weighted by atomic mass is 10.6. The van der Waals surface area contributed by atoms with Crippen molar-refractivity contribution in [2.75, 3.05) is 17.3 Å². The zero-order chi connectivity index (χ0) is 7.82. The van der Waals surface area contributed by atoms with Crippen LogP contribution in [-0.4, -0.2) is 17.3 Å². The van der Waals surface area contributed by atoms with E-state index >= 15 is 0 Å². The van der Waals surface area contributed by atoms with E-state index in [1.54, 1.807) is 0 Å². The average Bonchev–Trinajstić information content (AvgIpc) is 1.90. The van der Waals surface area contributed by atoms with E-state index in [0.29, 0.717) is 0 Å². The van der Waals surface area contributed by atoms with Crippen LogP contribution in [0.25, 0.3) is 0 Å². The molecular weight excluding hydrogens is 267 g/mol. The van der Waals surface area contributed by atoms with E-state index in [4.69, 9.17) is 0 Å². The summed E-state index contributed by atoms with van der Waals surface area (Å²) in [5, 5.41) is 0. The maximum atomic E-state index is 2.30. The average molecular weight is 288 g/mol. The molecule has 2 heteroatoms. The Hall–Kier alpha value is 1.08. The number of hydrogen-bond donors (Lipinski definition) is 0. The smallest absolute Gasteiger partial charge is 0.107 e. The molecule has 0 nitrogen and oxygen atoms in total. The van der Waals surface area contributed by atoms with Gasteiger partial charge in [-0.3, -0.25) is 0 Å². The van der Waals surface area contributed by atoms with Gasteiger partial charge in [0.25, 0.3) is 0 Å². The van der Waals surface area contributed by atoms with E-state index < -0.39 is 0 Å². The van der Waals surface area contributed by atoms with E-state index in [1.165, 1.54) is 36.5 Å². The van der Waals surface area contributed by atoms with Crippen molar-refractivity contribution in [2.45, 2.75) is 40.0 Å². The normalized spacial score (nSPS) is 9.82. The molecule has 0 bridgehead atoms. The number of halogens is 1. The highest BCUT2D eigenvalue weighted by Crippen LogP contribution is 2.03. The molecule has 0 atom stereocenters. The molecule has 0 unspecified atom stereocenters. The van der Waals surface area contributed by atoms with Gasteiger partial charge in [-0.25, -0.2) is 0 Å². The largest absolute Gasteiger partial charge is 1.00 e. The second-order valence-corrected chi connectivity index (χ2v) is 5.17. The first kappa shape index (κ1) is 14.6. The molecule has 0 amide bonds. The molecule has 0 saturated carbocycles. The van der Waals surface area contributed by atoms with Crippen LogP contribution >= 0.6 is 0 Å². The van der Waals surface area contributed by atoms with E-state index in [1.807, 2.05) is 0 Å². The summed E-state index contributed by atoms with van der Waals surface area (Å²) in [6.45, 7) is 6.89. The molecule has 0 aliphatic rings. The Morgan fingerprint density at radius 1 is 0.727 bits per heavy atom. The summed E-state index contributed by atoms with van der Waals surface area (Å²) in [5.74, 6) is 4.42. The minimum absolute atomic E-state index is 0. The van der Waals surface area contributed by atoms with Gasteiger partial charge in [-0.05, 0) is 30.2 Å². The first-order chi connectivity index (χ1) is 4.85. The second-order valence-electron chi connectivity index (χ2n) is 2.72. The molecule has 0 heterocycles. The van der Waals surface area contributed by atoms with Crippen LogP contribution in [-0.2, 0) is 10.9 Å². The van der Waals surface area contributed by atoms with Crippen LogP contribution in [0, 0.1) is 0 Å². The topological polar surface area (TPSA) is 0 Å². The third-order valence-electron chi connectivity index (χ3n) is 1.48. The SMILES string of the molecule is CCC[S+](CCC)CCC.[I-]. The maximum absolute atomic E-state index is 2.30. The van der Waals surface area contributed by atoms with Crippen molar-refractivity contribution in [1.82, 2.24) is 0 Å². The molecule has 0 N–H and O–H groups in total. The highest BCUT2D eigenvalue weighted by molar-refractivity contribution is 7.96. The Morgan fingerprint density at radius 3 is 1.18 bits per heavy atom. The maximum Gasteiger partial charge on any atom is 0.107 e. The van der Waals surface area contributed by atoms with Crippen LogP contribution in [0.4, 0.5) is 0 Å². The van der Waals surface area contributed by atoms with Crippen LogP contribution in [0.15, 0.2) is 0 Å². The molecule has 0 aliphatic carbocycles. The predicted molar refractivity (Wildman–Crippen MR) is 52.8 cm³/mol. The van der Waals surface area contributed by atoms with Gasteiger partial charge in [-0.1, -0.05) is 20.8 Å². The molecule has 11 heavy (non-hydrogen) atoms. The molecule has 0 aromatic carbocycles. The van der Waals surface area contributed by atoms with Gasteiger partial charge in [0.05, 0.1) is 0 Å². The number of rotatable bonds is 6. The molecular formula is C9H21IS. The summed E-state index contributed by atoms with van der Waals surface area (Å²) in [6, 6.07) is 0. The quantitative estimate of drug-likeness (QED) is 0.471. The van der Waals surface area contributed by atoms with Gasteiger partial charge >= 0.3 is 0 Å². The van der Waals surface area contributed by atoms with Crippen molar-refractivity contribution in [1.29, 1.82) is 0 Å². The third kappa shape index (κ3) is 8.99. The van der Waals surface area contributed by atoms with E-state index in [-0.39, 0.29) is 24.0 Å². The molecule has 0 fully saturated rings. The third-order valence-corrected chi connectivity index (χ3v) is 4.44. The monoisotopic (exact) mass is 288 g/mol. The van der Waals surface area contributed by atoms with Gasteiger partial charge in [0.2, 0.25) is 0 Å². The second kappa shape index (κ2) is 11.1. The number of hydrogen-bond acceptors (Lipinski definition) is 0. The summed E-state index contributed by atoms with van der Waals surface area (Å²) < 4.78 is 0. The minimum atomic E-state index is 0. The van der Waals surface area contributed by atoms with Crippen LogP contribution in [0.2, 0.25) is 0 Å². The Balaban J connectivity index is 0. The summed E-state index contributed by atoms with van der Waals surface area (Å²) >= 11 is 0. The zero-order valence-electron chi connectivity index (χ0n) is 8.03. The van der Waals surface area contributed by atoms with Crippen LogP contribution in [0.5, 0.6) is 0 Å². The summed E-state index contributed by atoms with van der Waals surface area (Å²) in [7, 11) is 0.775. The van der Waals surface area contributed by atoms with Gasteiger partial charge in [-0.15, -0.1) is 0 Å². The van der Waals surface area contributed by atoms with Crippen LogP contribution < -0.4 is 24.0 Å². The first-order valence-electron chi connectivity index (χ1n) is 4.49. The van der Waals surface area contributed by atoms with Gasteiger partial charge in [0.15, 0.2) is 0 Å². The standard InChI is InChI=1S/C9H21S.HI/c1-4-7-10(8-5-2)9-6-3;/h4-9H2,1-3H3;1H/q+1;/p-1. The van der Waals surface area contributed by atoms with Crippen molar-refractivity contribution in [3.05, 3.63) is 0 Å². The van der Waals surface area contributed by atoms with Crippen molar-refractivity contribution in [3.63, 3.8) is 0 Å². The fourth-order valence-corrected chi connectivity index (χ4v) is 3.52. The van der Waals surface area contributed by atoms with Gasteiger partial charge in [-0.2, -0.15) is 0 Å². The highest BCUT2D eigenvalue weighted by atomic mass is 127. The predicted octanol–water partition coefficient (Wildman–Crippen LogP) is -0.161. The molecule has 0 radical (unpaired) electrons. The van der Waals surface area contributed by atoms with E-state index in [2.05, 4.69) is 20.8 Å². The molecule has 0 aromatic heterocycles. The molecule has 0 saturated heterocycles. The van der Waals surface area contributed by atoms with Crippen molar-refractivity contribution < 1.29 is 24.0 Å². The van der Waals surface area contributed by atoms with Crippen molar-refractivity contribution in [3.8, 4) is 0 Å². The van der Waals surface area contributed by atoms with E-state index in [9.17, 15) is 0 Å². The van der Waals surface area contributed by atoms with Gasteiger partial charge in [0, 0.05) is 0 Å².